The summed E-state index contributed by atoms with van der Waals surface area (Å²) < 4.78 is 36.4. The Morgan fingerprint density at radius 3 is 1.11 bits per heavy atom. The molecule has 2 heterocycles. The highest BCUT2D eigenvalue weighted by molar-refractivity contribution is 8.23. The van der Waals surface area contributed by atoms with Crippen molar-refractivity contribution in [1.29, 1.82) is 0 Å². The summed E-state index contributed by atoms with van der Waals surface area (Å²) in [5, 5.41) is 0. The maximum atomic E-state index is 6.59. The maximum absolute atomic E-state index is 6.59. The number of nitrogens with zero attached hydrogens (tertiary/aromatic N) is 6. The number of halogens is 10. The van der Waals surface area contributed by atoms with Gasteiger partial charge in [0, 0.05) is 5.41 Å². The smallest absolute Gasteiger partial charge is 0.350 e. The van der Waals surface area contributed by atoms with E-state index in [1.807, 2.05) is 24.3 Å². The lowest BCUT2D eigenvalue weighted by Gasteiger charge is -2.33. The van der Waals surface area contributed by atoms with Crippen LogP contribution in [0, 0.1) is 0 Å². The number of fused-ring (bicyclic) bond motifs is 3. The lowest BCUT2D eigenvalue weighted by molar-refractivity contribution is 0.414. The minimum Gasteiger partial charge on any atom is -0.431 e. The van der Waals surface area contributed by atoms with E-state index in [1.54, 1.807) is 24.3 Å². The van der Waals surface area contributed by atoms with Crippen molar-refractivity contribution in [3.05, 3.63) is 118 Å². The molecule has 0 N–H and O–H groups in total. The van der Waals surface area contributed by atoms with E-state index in [4.69, 9.17) is 121 Å². The molecule has 0 spiro atoms. The van der Waals surface area contributed by atoms with Gasteiger partial charge in [0.1, 0.15) is 11.5 Å². The lowest BCUT2D eigenvalue weighted by Crippen LogP contribution is -2.25. The number of hydrogen-bond acceptors (Lipinski definition) is 8. The second-order valence-corrected chi connectivity index (χ2v) is 40.4. The van der Waals surface area contributed by atoms with Crippen molar-refractivity contribution < 1.29 is 9.05 Å². The van der Waals surface area contributed by atoms with Gasteiger partial charge in [-0.2, -0.15) is 27.1 Å². The predicted molar refractivity (Wildman–Crippen MR) is 278 cm³/mol. The van der Waals surface area contributed by atoms with Gasteiger partial charge in [-0.1, -0.05) is 124 Å². The molecule has 3 aliphatic rings. The van der Waals surface area contributed by atoms with Gasteiger partial charge >= 0.3 is 13.6 Å². The van der Waals surface area contributed by atoms with Crippen LogP contribution in [0.15, 0.2) is 112 Å². The van der Waals surface area contributed by atoms with Crippen LogP contribution in [-0.4, -0.2) is 0 Å². The van der Waals surface area contributed by atoms with E-state index in [9.17, 15) is 0 Å². The van der Waals surface area contributed by atoms with Gasteiger partial charge < -0.3 is 9.05 Å². The van der Waals surface area contributed by atoms with Gasteiger partial charge in [-0.25, -0.2) is 0 Å². The van der Waals surface area contributed by atoms with Crippen molar-refractivity contribution in [3.63, 3.8) is 0 Å². The Hall–Kier alpha value is 0.240. The first-order valence-corrected chi connectivity index (χ1v) is 37.7. The minimum atomic E-state index is -3.35. The van der Waals surface area contributed by atoms with E-state index < -0.39 is 37.2 Å². The molecule has 2 atom stereocenters. The zero-order valence-corrected chi connectivity index (χ0v) is 45.0. The van der Waals surface area contributed by atoms with Gasteiger partial charge in [-0.15, -0.1) is 0 Å². The fraction of sp³-hybridized carbons (Fsp3) is 0.243. The van der Waals surface area contributed by atoms with Gasteiger partial charge in [-0.05, 0) is 194 Å². The zero-order valence-electron chi connectivity index (χ0n) is 32.1. The molecular weight excluding hydrogens is 1100 g/mol. The van der Waals surface area contributed by atoms with Crippen molar-refractivity contribution in [3.8, 4) is 22.6 Å². The summed E-state index contributed by atoms with van der Waals surface area (Å²) in [7, 11) is 0. The van der Waals surface area contributed by atoms with Gasteiger partial charge in [0.2, 0.25) is 0 Å². The largest absolute Gasteiger partial charge is 0.431 e. The van der Waals surface area contributed by atoms with Gasteiger partial charge in [0.15, 0.2) is 0 Å². The Bertz CT molecular complexity index is 2570. The molecule has 2 unspecified atom stereocenters. The summed E-state index contributed by atoms with van der Waals surface area (Å²) in [5.74, 6) is -12.0. The first-order chi connectivity index (χ1) is 28.6. The topological polar surface area (TPSA) is 92.6 Å². The number of benzene rings is 4. The third kappa shape index (κ3) is 12.4. The van der Waals surface area contributed by atoms with Crippen LogP contribution in [-0.2, 0) is 5.41 Å². The SMILES string of the molecule is CCCCC1(CCCC)c2cc(/C=C/c3ccc(OP4(Cl)=NP(Cl)(Cl)=NP(Cl)(Cl)=N4)cc3)ccc2-c2ccc(/C=C/c3ccc(OP4(Cl)=NP(Cl)(Cl)=NP(Cl)(Cl)=N4)cc3)cc21. The van der Waals surface area contributed by atoms with Crippen LogP contribution in [0.5, 0.6) is 11.5 Å². The molecule has 0 fully saturated rings. The first kappa shape index (κ1) is 49.2. The molecule has 1 aliphatic carbocycles. The van der Waals surface area contributed by atoms with Gasteiger partial charge in [-0.3, -0.25) is 0 Å². The Morgan fingerprint density at radius 2 is 0.770 bits per heavy atom. The number of unbranched alkanes of at least 4 members (excludes halogenated alkanes) is 2. The predicted octanol–water partition coefficient (Wildman–Crippen LogP) is 23.5. The van der Waals surface area contributed by atoms with Crippen LogP contribution in [0.1, 0.15) is 85.8 Å². The molecule has 0 bridgehead atoms. The summed E-state index contributed by atoms with van der Waals surface area (Å²) in [6.07, 6.45) is 15.0. The first-order valence-electron chi connectivity index (χ1n) is 18.7. The third-order valence-electron chi connectivity index (χ3n) is 9.76. The third-order valence-corrected chi connectivity index (χ3v) is 33.7. The summed E-state index contributed by atoms with van der Waals surface area (Å²) in [4.78, 5) is 0. The van der Waals surface area contributed by atoms with Crippen LogP contribution in [0.4, 0.5) is 0 Å². The normalized spacial score (nSPS) is 23.6. The Morgan fingerprint density at radius 1 is 0.443 bits per heavy atom. The van der Waals surface area contributed by atoms with Gasteiger partial charge in [0.05, 0.1) is 0 Å². The van der Waals surface area contributed by atoms with Crippen LogP contribution in [0.25, 0.3) is 35.4 Å². The molecule has 0 radical (unpaired) electrons. The fourth-order valence-electron chi connectivity index (χ4n) is 7.26. The van der Waals surface area contributed by atoms with Crippen molar-refractivity contribution in [1.82, 2.24) is 0 Å². The van der Waals surface area contributed by atoms with E-state index in [1.165, 1.54) is 22.3 Å². The fourth-order valence-corrected chi connectivity index (χ4v) is 40.4. The average Bonchev–Trinajstić information content (AvgIpc) is 3.40. The van der Waals surface area contributed by atoms with Crippen LogP contribution in [0.2, 0.25) is 0 Å². The second kappa shape index (κ2) is 19.5. The Balaban J connectivity index is 1.13. The van der Waals surface area contributed by atoms with Crippen LogP contribution in [0.3, 0.4) is 0 Å². The van der Waals surface area contributed by atoms with Crippen molar-refractivity contribution in [2.24, 2.45) is 27.1 Å². The molecule has 7 rings (SSSR count). The van der Waals surface area contributed by atoms with E-state index >= 15 is 0 Å². The quantitative estimate of drug-likeness (QED) is 0.0929. The van der Waals surface area contributed by atoms with Crippen LogP contribution >= 0.6 is 150 Å². The molecule has 8 nitrogen and oxygen atoms in total. The minimum absolute atomic E-state index is 0.121. The molecule has 4 aromatic carbocycles. The molecule has 24 heteroatoms. The summed E-state index contributed by atoms with van der Waals surface area (Å²) in [6, 6.07) is 28.4. The second-order valence-electron chi connectivity index (χ2n) is 14.2. The number of hydrogen-bond donors (Lipinski definition) is 0. The highest BCUT2D eigenvalue weighted by Gasteiger charge is 2.42. The van der Waals surface area contributed by atoms with Gasteiger partial charge in [0.25, 0.3) is 23.6 Å². The monoisotopic (exact) mass is 1130 g/mol. The molecule has 326 valence electrons. The summed E-state index contributed by atoms with van der Waals surface area (Å²) >= 11 is 62.9. The molecule has 0 saturated carbocycles. The van der Waals surface area contributed by atoms with E-state index in [0.29, 0.717) is 11.5 Å². The van der Waals surface area contributed by atoms with Crippen molar-refractivity contribution in [2.45, 2.75) is 57.8 Å². The van der Waals surface area contributed by atoms with E-state index in [2.05, 4.69) is 102 Å². The average molecular weight is 1140 g/mol. The van der Waals surface area contributed by atoms with Crippen molar-refractivity contribution >= 4 is 174 Å². The highest BCUT2D eigenvalue weighted by atomic mass is 35.9. The Labute approximate surface area is 405 Å². The molecule has 0 amide bonds. The molecular formula is C37H36Cl10N6O2P6. The highest BCUT2D eigenvalue weighted by Crippen LogP contribution is 2.87. The Kier molecular flexibility index (Phi) is 15.7. The molecule has 4 aromatic rings. The summed E-state index contributed by atoms with van der Waals surface area (Å²) in [6.45, 7) is -2.20. The van der Waals surface area contributed by atoms with E-state index in [-0.39, 0.29) is 5.41 Å². The maximum Gasteiger partial charge on any atom is 0.350 e. The van der Waals surface area contributed by atoms with E-state index in [0.717, 1.165) is 60.8 Å². The van der Waals surface area contributed by atoms with Crippen LogP contribution < -0.4 is 9.05 Å². The number of rotatable bonds is 14. The molecule has 2 aliphatic heterocycles. The lowest BCUT2D eigenvalue weighted by atomic mass is 9.70. The summed E-state index contributed by atoms with van der Waals surface area (Å²) in [5.41, 5.74) is 9.34. The standard InChI is InChI=1S/C37H36Cl10N6O2P6/c1-3-5-23-37(24-6-4-2)35-25-29(9-7-27-11-17-31(18-12-27)54-60(46)50-56(38,39)48-57(40,41)51-60)15-21-33(35)34-22-16-30(26-36(34)37)10-8-28-13-19-32(20-14-28)55-61(47)52-58(42,43)49-59(44,45)53-61/h7-22,25-26H,3-6,23-24H2,1-2H3/b9-7+,10-8+. The molecule has 61 heavy (non-hydrogen) atoms. The molecule has 0 saturated heterocycles. The van der Waals surface area contributed by atoms with Crippen molar-refractivity contribution in [2.75, 3.05) is 0 Å². The zero-order chi connectivity index (χ0) is 43.9. The molecule has 0 aromatic heterocycles.